The summed E-state index contributed by atoms with van der Waals surface area (Å²) in [7, 11) is -7.14. The lowest BCUT2D eigenvalue weighted by Gasteiger charge is -2.04. The van der Waals surface area contributed by atoms with Gasteiger partial charge < -0.3 is 14.9 Å². The summed E-state index contributed by atoms with van der Waals surface area (Å²) in [6.45, 7) is -1.07. The van der Waals surface area contributed by atoms with E-state index in [1.54, 1.807) is 0 Å². The fraction of sp³-hybridized carbons (Fsp3) is 1.00. The molecule has 0 aliphatic rings. The van der Waals surface area contributed by atoms with Crippen molar-refractivity contribution in [2.24, 2.45) is 0 Å². The van der Waals surface area contributed by atoms with Crippen LogP contribution in [0.1, 0.15) is 0 Å². The van der Waals surface area contributed by atoms with Gasteiger partial charge in [-0.25, -0.2) is 16.8 Å². The average molecular weight is 262 g/mol. The minimum Gasteiger partial charge on any atom is -0.395 e. The normalized spacial score (nSPS) is 12.9. The van der Waals surface area contributed by atoms with Crippen LogP contribution in [0.15, 0.2) is 0 Å². The first-order valence-corrected chi connectivity index (χ1v) is 7.67. The molecule has 0 aliphatic heterocycles. The summed E-state index contributed by atoms with van der Waals surface area (Å²) in [4.78, 5) is 0. The molecule has 92 valence electrons. The van der Waals surface area contributed by atoms with E-state index >= 15 is 0 Å². The first kappa shape index (κ1) is 14.8. The van der Waals surface area contributed by atoms with Gasteiger partial charge in [0.15, 0.2) is 19.7 Å². The van der Waals surface area contributed by atoms with Crippen molar-refractivity contribution in [1.29, 1.82) is 0 Å². The topological polar surface area (TPSA) is 118 Å². The quantitative estimate of drug-likeness (QED) is 0.506. The van der Waals surface area contributed by atoms with Crippen LogP contribution in [-0.2, 0) is 24.4 Å². The maximum atomic E-state index is 10.9. The minimum atomic E-state index is -3.57. The van der Waals surface area contributed by atoms with E-state index in [0.717, 1.165) is 0 Å². The third kappa shape index (κ3) is 7.68. The zero-order valence-corrected chi connectivity index (χ0v) is 9.63. The summed E-state index contributed by atoms with van der Waals surface area (Å²) in [5.41, 5.74) is 0. The van der Waals surface area contributed by atoms with Gasteiger partial charge in [-0.3, -0.25) is 0 Å². The van der Waals surface area contributed by atoms with Crippen molar-refractivity contribution in [3.05, 3.63) is 0 Å². The summed E-state index contributed by atoms with van der Waals surface area (Å²) in [6, 6.07) is 0. The van der Waals surface area contributed by atoms with Crippen LogP contribution in [0.5, 0.6) is 0 Å². The van der Waals surface area contributed by atoms with Gasteiger partial charge >= 0.3 is 0 Å². The van der Waals surface area contributed by atoms with Crippen LogP contribution in [0.4, 0.5) is 0 Å². The maximum Gasteiger partial charge on any atom is 0.176 e. The molecule has 0 aromatic carbocycles. The van der Waals surface area contributed by atoms with Gasteiger partial charge in [-0.15, -0.1) is 0 Å². The summed E-state index contributed by atoms with van der Waals surface area (Å²) in [5.74, 6) is -2.43. The summed E-state index contributed by atoms with van der Waals surface area (Å²) < 4.78 is 48.3. The third-order valence-electron chi connectivity index (χ3n) is 1.33. The summed E-state index contributed by atoms with van der Waals surface area (Å²) in [5, 5.41) is 16.7. The second-order valence-corrected chi connectivity index (χ2v) is 7.04. The van der Waals surface area contributed by atoms with E-state index in [-0.39, 0.29) is 0 Å². The Labute approximate surface area is 88.5 Å². The number of hydrogen-bond donors (Lipinski definition) is 2. The van der Waals surface area contributed by atoms with E-state index in [1.807, 2.05) is 0 Å². The smallest absolute Gasteiger partial charge is 0.176 e. The van der Waals surface area contributed by atoms with E-state index < -0.39 is 56.3 Å². The molecule has 0 atom stereocenters. The molecule has 7 nitrogen and oxygen atoms in total. The van der Waals surface area contributed by atoms with Crippen LogP contribution in [0.3, 0.4) is 0 Å². The predicted octanol–water partition coefficient (Wildman–Crippen LogP) is -2.27. The van der Waals surface area contributed by atoms with E-state index in [4.69, 9.17) is 10.2 Å². The Morgan fingerprint density at radius 2 is 1.13 bits per heavy atom. The molecular weight excluding hydrogens is 248 g/mol. The Morgan fingerprint density at radius 3 is 1.40 bits per heavy atom. The molecule has 0 amide bonds. The molecule has 0 aliphatic carbocycles. The van der Waals surface area contributed by atoms with Crippen molar-refractivity contribution in [3.8, 4) is 0 Å². The summed E-state index contributed by atoms with van der Waals surface area (Å²) in [6.07, 6.45) is 0. The standard InChI is InChI=1S/C6H14O7S2/c7-1-3-14(9,10)5-13-6-15(11,12)4-2-8/h7-8H,1-6H2. The molecule has 0 bridgehead atoms. The van der Waals surface area contributed by atoms with Gasteiger partial charge in [0.05, 0.1) is 24.7 Å². The predicted molar refractivity (Wildman–Crippen MR) is 52.6 cm³/mol. The number of hydrogen-bond acceptors (Lipinski definition) is 7. The molecule has 15 heavy (non-hydrogen) atoms. The van der Waals surface area contributed by atoms with Crippen LogP contribution >= 0.6 is 0 Å². The number of aliphatic hydroxyl groups is 2. The van der Waals surface area contributed by atoms with E-state index in [2.05, 4.69) is 4.74 Å². The number of sulfone groups is 2. The molecular formula is C6H14O7S2. The van der Waals surface area contributed by atoms with Gasteiger partial charge in [-0.1, -0.05) is 0 Å². The fourth-order valence-electron chi connectivity index (χ4n) is 0.684. The lowest BCUT2D eigenvalue weighted by atomic mass is 10.9. The first-order chi connectivity index (χ1) is 6.83. The van der Waals surface area contributed by atoms with Crippen molar-refractivity contribution < 1.29 is 31.8 Å². The Bertz CT molecular complexity index is 319. The van der Waals surface area contributed by atoms with Gasteiger partial charge in [-0.05, 0) is 0 Å². The van der Waals surface area contributed by atoms with Crippen molar-refractivity contribution in [3.63, 3.8) is 0 Å². The highest BCUT2D eigenvalue weighted by molar-refractivity contribution is 7.92. The van der Waals surface area contributed by atoms with Crippen molar-refractivity contribution in [1.82, 2.24) is 0 Å². The Morgan fingerprint density at radius 1 is 0.800 bits per heavy atom. The molecule has 0 fully saturated rings. The average Bonchev–Trinajstić information content (AvgIpc) is 2.02. The molecule has 0 saturated carbocycles. The van der Waals surface area contributed by atoms with Crippen LogP contribution in [0, 0.1) is 0 Å². The molecule has 0 spiro atoms. The largest absolute Gasteiger partial charge is 0.395 e. The number of rotatable bonds is 8. The van der Waals surface area contributed by atoms with Crippen LogP contribution < -0.4 is 0 Å². The zero-order valence-electron chi connectivity index (χ0n) is 7.99. The molecule has 0 unspecified atom stereocenters. The number of ether oxygens (including phenoxy) is 1. The maximum absolute atomic E-state index is 10.9. The highest BCUT2D eigenvalue weighted by atomic mass is 32.2. The fourth-order valence-corrected chi connectivity index (χ4v) is 2.26. The molecule has 0 aromatic heterocycles. The zero-order chi connectivity index (χ0) is 11.9. The Kier molecular flexibility index (Phi) is 6.29. The molecule has 0 heterocycles. The molecule has 0 rings (SSSR count). The molecule has 9 heteroatoms. The lowest BCUT2D eigenvalue weighted by Crippen LogP contribution is -2.21. The molecule has 0 saturated heterocycles. The van der Waals surface area contributed by atoms with E-state index in [1.165, 1.54) is 0 Å². The van der Waals surface area contributed by atoms with Gasteiger partial charge in [0.1, 0.15) is 11.9 Å². The summed E-state index contributed by atoms with van der Waals surface area (Å²) >= 11 is 0. The monoisotopic (exact) mass is 262 g/mol. The Hall–Kier alpha value is -0.220. The van der Waals surface area contributed by atoms with Gasteiger partial charge in [0, 0.05) is 0 Å². The second-order valence-electron chi connectivity index (χ2n) is 2.78. The van der Waals surface area contributed by atoms with E-state index in [9.17, 15) is 16.8 Å². The van der Waals surface area contributed by atoms with Crippen LogP contribution in [0.25, 0.3) is 0 Å². The number of aliphatic hydroxyl groups excluding tert-OH is 2. The first-order valence-electron chi connectivity index (χ1n) is 4.03. The van der Waals surface area contributed by atoms with Gasteiger partial charge in [-0.2, -0.15) is 0 Å². The third-order valence-corrected chi connectivity index (χ3v) is 3.99. The van der Waals surface area contributed by atoms with Crippen molar-refractivity contribution in [2.45, 2.75) is 0 Å². The SMILES string of the molecule is O=S(=O)(CCO)COCS(=O)(=O)CCO. The Balaban J connectivity index is 4.00. The highest BCUT2D eigenvalue weighted by Crippen LogP contribution is 1.95. The molecule has 2 N–H and O–H groups in total. The van der Waals surface area contributed by atoms with Gasteiger partial charge in [0.2, 0.25) is 0 Å². The minimum absolute atomic E-state index is 0.465. The highest BCUT2D eigenvalue weighted by Gasteiger charge is 2.14. The second kappa shape index (κ2) is 6.38. The van der Waals surface area contributed by atoms with Crippen molar-refractivity contribution in [2.75, 3.05) is 36.6 Å². The van der Waals surface area contributed by atoms with Gasteiger partial charge in [0.25, 0.3) is 0 Å². The molecule has 0 radical (unpaired) electrons. The van der Waals surface area contributed by atoms with Crippen molar-refractivity contribution >= 4 is 19.7 Å². The lowest BCUT2D eigenvalue weighted by molar-refractivity contribution is 0.222. The van der Waals surface area contributed by atoms with Crippen LogP contribution in [0.2, 0.25) is 0 Å². The van der Waals surface area contributed by atoms with Crippen LogP contribution in [-0.4, -0.2) is 63.6 Å². The molecule has 0 aromatic rings. The van der Waals surface area contributed by atoms with E-state index in [0.29, 0.717) is 0 Å².